The van der Waals surface area contributed by atoms with Crippen LogP contribution in [0.5, 0.6) is 0 Å². The van der Waals surface area contributed by atoms with Crippen LogP contribution in [0.2, 0.25) is 0 Å². The molecule has 58 valence electrons. The Bertz CT molecular complexity index is 291. The van der Waals surface area contributed by atoms with Gasteiger partial charge in [0.05, 0.1) is 0 Å². The van der Waals surface area contributed by atoms with Gasteiger partial charge in [-0.1, -0.05) is 6.92 Å². The smallest absolute Gasteiger partial charge is 0.343 e. The molecule has 1 atom stereocenters. The fourth-order valence-corrected chi connectivity index (χ4v) is 0.318. The normalized spacial score (nSPS) is 26.0. The molecule has 0 fully saturated rings. The number of hydrogen-bond donors (Lipinski definition) is 2. The molecular formula is C6H10O4. The summed E-state index contributed by atoms with van der Waals surface area (Å²) in [6, 6.07) is 0. The first-order chi connectivity index (χ1) is 6.35. The number of carbonyl (C=O) groups is 2. The minimum Gasteiger partial charge on any atom is -0.479 e. The van der Waals surface area contributed by atoms with Crippen LogP contribution in [-0.2, 0) is 9.59 Å². The molecule has 0 aliphatic heterocycles. The largest absolute Gasteiger partial charge is 0.479 e. The van der Waals surface area contributed by atoms with E-state index in [1.807, 2.05) is 0 Å². The lowest BCUT2D eigenvalue weighted by Crippen LogP contribution is -2.44. The molecule has 10 heavy (non-hydrogen) atoms. The molecule has 4 heteroatoms. The topological polar surface area (TPSA) is 74.6 Å². The molecule has 0 bridgehead atoms. The number of aliphatic hydroxyl groups is 1. The molecule has 0 heterocycles. The molecule has 2 N–H and O–H groups in total. The number of rotatable bonds is 3. The zero-order chi connectivity index (χ0) is 12.7. The van der Waals surface area contributed by atoms with E-state index in [1.165, 1.54) is 0 Å². The van der Waals surface area contributed by atoms with Crippen molar-refractivity contribution in [3.05, 3.63) is 0 Å². The molecule has 0 aromatic heterocycles. The summed E-state index contributed by atoms with van der Waals surface area (Å²) < 4.78 is 34.0. The van der Waals surface area contributed by atoms with Crippen molar-refractivity contribution in [1.82, 2.24) is 0 Å². The van der Waals surface area contributed by atoms with Crippen molar-refractivity contribution in [2.24, 2.45) is 0 Å². The van der Waals surface area contributed by atoms with Crippen LogP contribution < -0.4 is 0 Å². The Morgan fingerprint density at radius 1 is 1.80 bits per heavy atom. The van der Waals surface area contributed by atoms with Gasteiger partial charge in [0, 0.05) is 6.85 Å². The van der Waals surface area contributed by atoms with Crippen molar-refractivity contribution in [2.45, 2.75) is 25.7 Å². The average Bonchev–Trinajstić information content (AvgIpc) is 1.97. The molecule has 0 spiro atoms. The number of carboxylic acids is 1. The van der Waals surface area contributed by atoms with E-state index in [-0.39, 0.29) is 0 Å². The zero-order valence-corrected chi connectivity index (χ0v) is 5.21. The summed E-state index contributed by atoms with van der Waals surface area (Å²) in [5.74, 6) is -4.27. The second kappa shape index (κ2) is 2.79. The Labute approximate surface area is 65.5 Å². The van der Waals surface area contributed by atoms with Crippen molar-refractivity contribution in [1.29, 1.82) is 0 Å². The molecule has 0 aromatic carbocycles. The Kier molecular flexibility index (Phi) is 0.970. The highest BCUT2D eigenvalue weighted by atomic mass is 16.4. The van der Waals surface area contributed by atoms with Crippen LogP contribution in [0.15, 0.2) is 0 Å². The maximum Gasteiger partial charge on any atom is 0.343 e. The second-order valence-corrected chi connectivity index (χ2v) is 1.59. The van der Waals surface area contributed by atoms with E-state index < -0.39 is 30.6 Å². The van der Waals surface area contributed by atoms with Crippen molar-refractivity contribution in [3.8, 4) is 0 Å². The van der Waals surface area contributed by atoms with Crippen LogP contribution in [-0.4, -0.2) is 27.6 Å². The maximum absolute atomic E-state index is 11.1. The van der Waals surface area contributed by atoms with Gasteiger partial charge in [-0.05, 0) is 13.2 Å². The molecule has 0 radical (unpaired) electrons. The highest BCUT2D eigenvalue weighted by Crippen LogP contribution is 2.10. The van der Waals surface area contributed by atoms with Crippen LogP contribution in [0.4, 0.5) is 0 Å². The second-order valence-electron chi connectivity index (χ2n) is 1.59. The van der Waals surface area contributed by atoms with Crippen LogP contribution in [0.3, 0.4) is 0 Å². The first-order valence-electron chi connectivity index (χ1n) is 4.86. The number of carboxylic acid groups (broad SMARTS) is 1. The van der Waals surface area contributed by atoms with Crippen LogP contribution in [0.25, 0.3) is 0 Å². The van der Waals surface area contributed by atoms with Crippen molar-refractivity contribution in [2.75, 3.05) is 0 Å². The van der Waals surface area contributed by atoms with Gasteiger partial charge in [-0.25, -0.2) is 4.79 Å². The zero-order valence-electron chi connectivity index (χ0n) is 10.2. The molecule has 0 aliphatic carbocycles. The fourth-order valence-electron chi connectivity index (χ4n) is 0.318. The summed E-state index contributed by atoms with van der Waals surface area (Å²) in [4.78, 5) is 21.7. The predicted molar refractivity (Wildman–Crippen MR) is 33.6 cm³/mol. The minimum atomic E-state index is -3.57. The number of hydrogen-bond acceptors (Lipinski definition) is 3. The van der Waals surface area contributed by atoms with Gasteiger partial charge in [0.2, 0.25) is 5.60 Å². The number of aliphatic carboxylic acids is 1. The predicted octanol–water partition coefficient (Wildman–Crippen LogP) is -0.199. The molecule has 0 saturated carbocycles. The summed E-state index contributed by atoms with van der Waals surface area (Å²) in [5.41, 5.74) is -3.57. The molecule has 0 rings (SSSR count). The monoisotopic (exact) mass is 152 g/mol. The molecule has 0 unspecified atom stereocenters. The lowest BCUT2D eigenvalue weighted by molar-refractivity contribution is -0.164. The lowest BCUT2D eigenvalue weighted by Gasteiger charge is -2.16. The SMILES string of the molecule is [2H]C([2H])([2H])C(=O)[C@](O)(C(=O)O)C([2H])([2H])[13CH3]. The Morgan fingerprint density at radius 2 is 2.30 bits per heavy atom. The highest BCUT2D eigenvalue weighted by molar-refractivity contribution is 6.04. The third-order valence-electron chi connectivity index (χ3n) is 1.000. The van der Waals surface area contributed by atoms with Gasteiger partial charge in [0.15, 0.2) is 5.78 Å². The Balaban J connectivity index is 5.55. The summed E-state index contributed by atoms with van der Waals surface area (Å²) >= 11 is 0. The van der Waals surface area contributed by atoms with Gasteiger partial charge < -0.3 is 10.2 Å². The highest BCUT2D eigenvalue weighted by Gasteiger charge is 2.38. The maximum atomic E-state index is 11.1. The van der Waals surface area contributed by atoms with Gasteiger partial charge in [-0.15, -0.1) is 0 Å². The van der Waals surface area contributed by atoms with Gasteiger partial charge in [0.1, 0.15) is 0 Å². The van der Waals surface area contributed by atoms with Gasteiger partial charge in [-0.2, -0.15) is 0 Å². The van der Waals surface area contributed by atoms with Gasteiger partial charge in [-0.3, -0.25) is 4.79 Å². The standard InChI is InChI=1S/C6H10O4/c1-3-6(10,4(2)7)5(8)9/h10H,3H2,1-2H3,(H,8,9)/t6-/m0/s1/i1+1,2D3,3D2. The Hall–Kier alpha value is -0.900. The first kappa shape index (κ1) is 3.48. The molecule has 4 nitrogen and oxygen atoms in total. The molecular weight excluding hydrogens is 137 g/mol. The van der Waals surface area contributed by atoms with Crippen molar-refractivity contribution in [3.63, 3.8) is 0 Å². The van der Waals surface area contributed by atoms with Gasteiger partial charge in [0.25, 0.3) is 0 Å². The van der Waals surface area contributed by atoms with Gasteiger partial charge >= 0.3 is 5.97 Å². The summed E-state index contributed by atoms with van der Waals surface area (Å²) in [7, 11) is 0. The minimum absolute atomic E-state index is 0.616. The molecule has 0 amide bonds. The molecule has 0 aliphatic rings. The van der Waals surface area contributed by atoms with E-state index in [2.05, 4.69) is 0 Å². The third kappa shape index (κ3) is 1.33. The Morgan fingerprint density at radius 3 is 2.40 bits per heavy atom. The van der Waals surface area contributed by atoms with E-state index in [9.17, 15) is 14.7 Å². The van der Waals surface area contributed by atoms with E-state index >= 15 is 0 Å². The molecule has 0 aromatic rings. The number of ketones is 1. The van der Waals surface area contributed by atoms with E-state index in [0.717, 1.165) is 0 Å². The summed E-state index contributed by atoms with van der Waals surface area (Å²) in [5, 5.41) is 17.9. The summed E-state index contributed by atoms with van der Waals surface area (Å²) in [6.07, 6.45) is -2.90. The van der Waals surface area contributed by atoms with Crippen molar-refractivity contribution >= 4 is 11.8 Å². The average molecular weight is 152 g/mol. The quantitative estimate of drug-likeness (QED) is 0.434. The van der Waals surface area contributed by atoms with E-state index in [0.29, 0.717) is 6.92 Å². The third-order valence-corrected chi connectivity index (χ3v) is 1.000. The van der Waals surface area contributed by atoms with E-state index in [4.69, 9.17) is 12.0 Å². The fraction of sp³-hybridized carbons (Fsp3) is 0.667. The van der Waals surface area contributed by atoms with Crippen LogP contribution in [0, 0.1) is 0 Å². The molecule has 0 saturated heterocycles. The van der Waals surface area contributed by atoms with Crippen LogP contribution in [0.1, 0.15) is 27.0 Å². The number of Topliss-reactive ketones (excluding diaryl/α,β-unsaturated/α-hetero) is 1. The number of carbonyl (C=O) groups excluding carboxylic acids is 1. The van der Waals surface area contributed by atoms with Crippen LogP contribution >= 0.6 is 0 Å². The first-order valence-corrected chi connectivity index (χ1v) is 2.36. The van der Waals surface area contributed by atoms with E-state index in [1.54, 1.807) is 0 Å². The van der Waals surface area contributed by atoms with Crippen molar-refractivity contribution < 1.29 is 26.7 Å². The lowest BCUT2D eigenvalue weighted by atomic mass is 9.99. The summed E-state index contributed by atoms with van der Waals surface area (Å²) in [6.45, 7) is -2.76.